The highest BCUT2D eigenvalue weighted by Crippen LogP contribution is 2.19. The minimum Gasteiger partial charge on any atom is -0.388 e. The first-order valence-corrected chi connectivity index (χ1v) is 7.72. The fourth-order valence-electron chi connectivity index (χ4n) is 1.60. The third-order valence-corrected chi connectivity index (χ3v) is 4.63. The summed E-state index contributed by atoms with van der Waals surface area (Å²) in [5.41, 5.74) is 2.00. The zero-order valence-corrected chi connectivity index (χ0v) is 11.2. The molecule has 0 fully saturated rings. The Bertz CT molecular complexity index is 434. The van der Waals surface area contributed by atoms with Crippen LogP contribution in [0.25, 0.3) is 0 Å². The molecule has 0 saturated heterocycles. The molecule has 0 aromatic heterocycles. The first kappa shape index (κ1) is 14.2. The number of aryl methyl sites for hydroxylation is 1. The van der Waals surface area contributed by atoms with Gasteiger partial charge in [-0.3, -0.25) is 0 Å². The van der Waals surface area contributed by atoms with Crippen LogP contribution in [-0.2, 0) is 9.84 Å². The lowest BCUT2D eigenvalue weighted by atomic mass is 10.0. The average Bonchev–Trinajstić information content (AvgIpc) is 2.29. The Hall–Kier alpha value is -0.870. The van der Waals surface area contributed by atoms with Gasteiger partial charge in [0.15, 0.2) is 0 Å². The van der Waals surface area contributed by atoms with Gasteiger partial charge in [0.2, 0.25) is 0 Å². The van der Waals surface area contributed by atoms with Crippen molar-refractivity contribution in [2.45, 2.75) is 32.8 Å². The quantitative estimate of drug-likeness (QED) is 0.849. The van der Waals surface area contributed by atoms with Crippen molar-refractivity contribution in [1.29, 1.82) is 0 Å². The SMILES string of the molecule is CCS(=O)(=O)CCCC(O)c1ccc(C)cc1. The third-order valence-electron chi connectivity index (χ3n) is 2.83. The molecule has 1 atom stereocenters. The number of sulfone groups is 1. The molecule has 1 aromatic rings. The van der Waals surface area contributed by atoms with Gasteiger partial charge in [-0.05, 0) is 25.3 Å². The van der Waals surface area contributed by atoms with E-state index in [2.05, 4.69) is 0 Å². The molecule has 3 nitrogen and oxygen atoms in total. The molecule has 96 valence electrons. The van der Waals surface area contributed by atoms with Crippen LogP contribution in [0, 0.1) is 6.92 Å². The van der Waals surface area contributed by atoms with E-state index >= 15 is 0 Å². The Labute approximate surface area is 103 Å². The highest BCUT2D eigenvalue weighted by atomic mass is 32.2. The molecule has 0 spiro atoms. The topological polar surface area (TPSA) is 54.4 Å². The summed E-state index contributed by atoms with van der Waals surface area (Å²) in [5, 5.41) is 9.89. The molecule has 1 unspecified atom stereocenters. The van der Waals surface area contributed by atoms with E-state index in [9.17, 15) is 13.5 Å². The second kappa shape index (κ2) is 6.17. The largest absolute Gasteiger partial charge is 0.388 e. The Kier molecular flexibility index (Phi) is 5.15. The normalized spacial score (nSPS) is 13.6. The van der Waals surface area contributed by atoms with Gasteiger partial charge in [-0.25, -0.2) is 8.42 Å². The Morgan fingerprint density at radius 1 is 1.24 bits per heavy atom. The van der Waals surface area contributed by atoms with Gasteiger partial charge >= 0.3 is 0 Å². The maximum atomic E-state index is 11.3. The summed E-state index contributed by atoms with van der Waals surface area (Å²) in [4.78, 5) is 0. The van der Waals surface area contributed by atoms with Gasteiger partial charge in [0.1, 0.15) is 9.84 Å². The molecule has 4 heteroatoms. The smallest absolute Gasteiger partial charge is 0.150 e. The van der Waals surface area contributed by atoms with Crippen molar-refractivity contribution in [3.63, 3.8) is 0 Å². The van der Waals surface area contributed by atoms with Crippen molar-refractivity contribution < 1.29 is 13.5 Å². The zero-order chi connectivity index (χ0) is 12.9. The molecule has 1 aromatic carbocycles. The van der Waals surface area contributed by atoms with Gasteiger partial charge in [-0.1, -0.05) is 36.8 Å². The number of hydrogen-bond donors (Lipinski definition) is 1. The monoisotopic (exact) mass is 256 g/mol. The van der Waals surface area contributed by atoms with Crippen molar-refractivity contribution in [3.8, 4) is 0 Å². The summed E-state index contributed by atoms with van der Waals surface area (Å²) < 4.78 is 22.6. The van der Waals surface area contributed by atoms with Crippen molar-refractivity contribution in [3.05, 3.63) is 35.4 Å². The summed E-state index contributed by atoms with van der Waals surface area (Å²) in [6.45, 7) is 3.63. The van der Waals surface area contributed by atoms with Crippen molar-refractivity contribution in [1.82, 2.24) is 0 Å². The van der Waals surface area contributed by atoms with Gasteiger partial charge in [0, 0.05) is 5.75 Å². The van der Waals surface area contributed by atoms with Crippen molar-refractivity contribution >= 4 is 9.84 Å². The van der Waals surface area contributed by atoms with Crippen LogP contribution >= 0.6 is 0 Å². The van der Waals surface area contributed by atoms with Crippen LogP contribution in [0.1, 0.15) is 37.0 Å². The summed E-state index contributed by atoms with van der Waals surface area (Å²) in [7, 11) is -2.92. The lowest BCUT2D eigenvalue weighted by Crippen LogP contribution is -2.10. The van der Waals surface area contributed by atoms with Crippen LogP contribution in [0.3, 0.4) is 0 Å². The van der Waals surface area contributed by atoms with Gasteiger partial charge in [0.05, 0.1) is 11.9 Å². The van der Waals surface area contributed by atoms with Gasteiger partial charge in [0.25, 0.3) is 0 Å². The lowest BCUT2D eigenvalue weighted by molar-refractivity contribution is 0.166. The molecule has 0 saturated carbocycles. The Morgan fingerprint density at radius 2 is 1.82 bits per heavy atom. The minimum atomic E-state index is -2.92. The molecule has 0 heterocycles. The molecule has 17 heavy (non-hydrogen) atoms. The molecule has 1 N–H and O–H groups in total. The third kappa shape index (κ3) is 4.88. The molecule has 0 bridgehead atoms. The van der Waals surface area contributed by atoms with Gasteiger partial charge < -0.3 is 5.11 Å². The summed E-state index contributed by atoms with van der Waals surface area (Å²) in [6, 6.07) is 7.66. The first-order valence-electron chi connectivity index (χ1n) is 5.89. The molecular formula is C13H20O3S. The van der Waals surface area contributed by atoms with E-state index in [1.807, 2.05) is 31.2 Å². The van der Waals surface area contributed by atoms with E-state index in [1.165, 1.54) is 0 Å². The highest BCUT2D eigenvalue weighted by Gasteiger charge is 2.11. The maximum absolute atomic E-state index is 11.3. The second-order valence-electron chi connectivity index (χ2n) is 4.31. The summed E-state index contributed by atoms with van der Waals surface area (Å²) in [6.07, 6.45) is 0.427. The minimum absolute atomic E-state index is 0.159. The maximum Gasteiger partial charge on any atom is 0.150 e. The summed E-state index contributed by atoms with van der Waals surface area (Å²) in [5.74, 6) is 0.333. The van der Waals surface area contributed by atoms with E-state index < -0.39 is 15.9 Å². The van der Waals surface area contributed by atoms with Crippen LogP contribution in [0.4, 0.5) is 0 Å². The van der Waals surface area contributed by atoms with Crippen LogP contribution in [-0.4, -0.2) is 25.0 Å². The van der Waals surface area contributed by atoms with Gasteiger partial charge in [-0.2, -0.15) is 0 Å². The zero-order valence-electron chi connectivity index (χ0n) is 10.4. The number of hydrogen-bond acceptors (Lipinski definition) is 3. The fourth-order valence-corrected chi connectivity index (χ4v) is 2.49. The fraction of sp³-hybridized carbons (Fsp3) is 0.538. The van der Waals surface area contributed by atoms with E-state index in [1.54, 1.807) is 6.92 Å². The highest BCUT2D eigenvalue weighted by molar-refractivity contribution is 7.91. The Morgan fingerprint density at radius 3 is 2.35 bits per heavy atom. The predicted octanol–water partition coefficient (Wildman–Crippen LogP) is 2.24. The number of aliphatic hydroxyl groups excluding tert-OH is 1. The summed E-state index contributed by atoms with van der Waals surface area (Å²) >= 11 is 0. The van der Waals surface area contributed by atoms with Crippen molar-refractivity contribution in [2.75, 3.05) is 11.5 Å². The van der Waals surface area contributed by atoms with Crippen LogP contribution in [0.15, 0.2) is 24.3 Å². The molecule has 0 radical (unpaired) electrons. The van der Waals surface area contributed by atoms with Crippen LogP contribution < -0.4 is 0 Å². The van der Waals surface area contributed by atoms with Crippen LogP contribution in [0.2, 0.25) is 0 Å². The van der Waals surface area contributed by atoms with E-state index in [0.717, 1.165) is 11.1 Å². The molecule has 1 rings (SSSR count). The number of rotatable bonds is 6. The van der Waals surface area contributed by atoms with E-state index in [-0.39, 0.29) is 11.5 Å². The van der Waals surface area contributed by atoms with Crippen molar-refractivity contribution in [2.24, 2.45) is 0 Å². The van der Waals surface area contributed by atoms with E-state index in [4.69, 9.17) is 0 Å². The first-order chi connectivity index (χ1) is 7.94. The molecule has 0 aliphatic carbocycles. The molecule has 0 amide bonds. The average molecular weight is 256 g/mol. The van der Waals surface area contributed by atoms with Crippen LogP contribution in [0.5, 0.6) is 0 Å². The molecular weight excluding hydrogens is 236 g/mol. The second-order valence-corrected chi connectivity index (χ2v) is 6.78. The van der Waals surface area contributed by atoms with Gasteiger partial charge in [-0.15, -0.1) is 0 Å². The molecule has 0 aliphatic rings. The number of benzene rings is 1. The Balaban J connectivity index is 2.45. The lowest BCUT2D eigenvalue weighted by Gasteiger charge is -2.11. The number of aliphatic hydroxyl groups is 1. The molecule has 0 aliphatic heterocycles. The standard InChI is InChI=1S/C13H20O3S/c1-3-17(15,16)10-4-5-13(14)12-8-6-11(2)7-9-12/h6-9,13-14H,3-5,10H2,1-2H3. The van der Waals surface area contributed by atoms with E-state index in [0.29, 0.717) is 12.8 Å². The predicted molar refractivity (Wildman–Crippen MR) is 69.7 cm³/mol.